The number of nitrogens with one attached hydrogen (secondary N) is 2. The largest absolute Gasteiger partial charge is 0.359 e. The standard InChI is InChI=1S/C10H14ClN3/c1-7-5-4-6-8(11)9(7)14-10(12-2)13-3/h4-6H,1-3H3,(H2,12,13,14). The van der Waals surface area contributed by atoms with E-state index in [-0.39, 0.29) is 0 Å². The smallest absolute Gasteiger partial charge is 0.195 e. The summed E-state index contributed by atoms with van der Waals surface area (Å²) >= 11 is 6.04. The first kappa shape index (κ1) is 10.9. The van der Waals surface area contributed by atoms with Gasteiger partial charge in [0.25, 0.3) is 0 Å². The predicted octanol–water partition coefficient (Wildman–Crippen LogP) is 2.27. The Bertz CT molecular complexity index is 327. The molecule has 0 unspecified atom stereocenters. The zero-order valence-corrected chi connectivity index (χ0v) is 9.31. The maximum atomic E-state index is 6.04. The molecule has 2 N–H and O–H groups in total. The lowest BCUT2D eigenvalue weighted by atomic mass is 10.2. The highest BCUT2D eigenvalue weighted by atomic mass is 35.5. The number of anilines is 1. The summed E-state index contributed by atoms with van der Waals surface area (Å²) in [5.41, 5.74) is 1.98. The maximum Gasteiger partial charge on any atom is 0.195 e. The molecule has 14 heavy (non-hydrogen) atoms. The summed E-state index contributed by atoms with van der Waals surface area (Å²) in [4.78, 5) is 4.02. The zero-order chi connectivity index (χ0) is 10.6. The molecule has 3 nitrogen and oxygen atoms in total. The van der Waals surface area contributed by atoms with Crippen molar-refractivity contribution < 1.29 is 0 Å². The van der Waals surface area contributed by atoms with E-state index in [4.69, 9.17) is 11.6 Å². The Morgan fingerprint density at radius 2 is 2.14 bits per heavy atom. The molecular weight excluding hydrogens is 198 g/mol. The Balaban J connectivity index is 2.96. The van der Waals surface area contributed by atoms with Crippen LogP contribution in [0.5, 0.6) is 0 Å². The molecule has 0 saturated heterocycles. The molecule has 0 heterocycles. The van der Waals surface area contributed by atoms with Crippen molar-refractivity contribution in [1.82, 2.24) is 5.32 Å². The fourth-order valence-electron chi connectivity index (χ4n) is 1.14. The van der Waals surface area contributed by atoms with Crippen molar-refractivity contribution in [3.8, 4) is 0 Å². The molecule has 0 aliphatic carbocycles. The number of rotatable bonds is 1. The van der Waals surface area contributed by atoms with Crippen LogP contribution in [0.1, 0.15) is 5.56 Å². The Kier molecular flexibility index (Phi) is 3.77. The summed E-state index contributed by atoms with van der Waals surface area (Å²) in [7, 11) is 3.52. The van der Waals surface area contributed by atoms with E-state index in [9.17, 15) is 0 Å². The molecule has 1 rings (SSSR count). The number of nitrogens with zero attached hydrogens (tertiary/aromatic N) is 1. The molecule has 0 aliphatic heterocycles. The molecule has 0 aromatic heterocycles. The van der Waals surface area contributed by atoms with Crippen LogP contribution in [-0.2, 0) is 0 Å². The van der Waals surface area contributed by atoms with Crippen molar-refractivity contribution in [2.24, 2.45) is 4.99 Å². The third-order valence-electron chi connectivity index (χ3n) is 1.93. The second kappa shape index (κ2) is 4.86. The summed E-state index contributed by atoms with van der Waals surface area (Å²) in [6, 6.07) is 5.77. The van der Waals surface area contributed by atoms with Crippen LogP contribution in [0.15, 0.2) is 23.2 Å². The Labute approximate surface area is 89.2 Å². The van der Waals surface area contributed by atoms with Gasteiger partial charge < -0.3 is 10.6 Å². The predicted molar refractivity (Wildman–Crippen MR) is 62.2 cm³/mol. The van der Waals surface area contributed by atoms with E-state index in [1.807, 2.05) is 32.2 Å². The molecule has 4 heteroatoms. The van der Waals surface area contributed by atoms with Gasteiger partial charge in [-0.2, -0.15) is 0 Å². The van der Waals surface area contributed by atoms with E-state index in [2.05, 4.69) is 15.6 Å². The van der Waals surface area contributed by atoms with Crippen molar-refractivity contribution >= 4 is 23.2 Å². The van der Waals surface area contributed by atoms with Crippen LogP contribution in [0.2, 0.25) is 5.02 Å². The first-order valence-electron chi connectivity index (χ1n) is 4.35. The molecule has 0 saturated carbocycles. The molecule has 0 atom stereocenters. The van der Waals surface area contributed by atoms with Crippen LogP contribution < -0.4 is 10.6 Å². The first-order chi connectivity index (χ1) is 6.69. The van der Waals surface area contributed by atoms with E-state index >= 15 is 0 Å². The number of aliphatic imine (C=N–C) groups is 1. The Morgan fingerprint density at radius 1 is 1.43 bits per heavy atom. The van der Waals surface area contributed by atoms with Gasteiger partial charge in [0.1, 0.15) is 0 Å². The van der Waals surface area contributed by atoms with Crippen LogP contribution in [0.3, 0.4) is 0 Å². The zero-order valence-electron chi connectivity index (χ0n) is 8.56. The minimum Gasteiger partial charge on any atom is -0.359 e. The number of hydrogen-bond donors (Lipinski definition) is 2. The number of halogens is 1. The Morgan fingerprint density at radius 3 is 2.64 bits per heavy atom. The SMILES string of the molecule is CN=C(NC)Nc1c(C)cccc1Cl. The minimum atomic E-state index is 0.696. The molecule has 0 fully saturated rings. The number of benzene rings is 1. The molecule has 0 amide bonds. The quantitative estimate of drug-likeness (QED) is 0.552. The highest BCUT2D eigenvalue weighted by molar-refractivity contribution is 6.33. The van der Waals surface area contributed by atoms with Crippen LogP contribution in [0.25, 0.3) is 0 Å². The van der Waals surface area contributed by atoms with Gasteiger partial charge in [0, 0.05) is 14.1 Å². The van der Waals surface area contributed by atoms with Crippen molar-refractivity contribution in [1.29, 1.82) is 0 Å². The number of aryl methyl sites for hydroxylation is 1. The number of guanidine groups is 1. The number of para-hydroxylation sites is 1. The van der Waals surface area contributed by atoms with E-state index < -0.39 is 0 Å². The molecule has 0 bridgehead atoms. The summed E-state index contributed by atoms with van der Waals surface area (Å²) in [5.74, 6) is 0.696. The van der Waals surface area contributed by atoms with E-state index in [1.165, 1.54) is 0 Å². The average Bonchev–Trinajstić information content (AvgIpc) is 2.18. The first-order valence-corrected chi connectivity index (χ1v) is 4.73. The third kappa shape index (κ3) is 2.39. The fourth-order valence-corrected chi connectivity index (χ4v) is 1.41. The van der Waals surface area contributed by atoms with Crippen LogP contribution in [0.4, 0.5) is 5.69 Å². The topological polar surface area (TPSA) is 36.4 Å². The minimum absolute atomic E-state index is 0.696. The van der Waals surface area contributed by atoms with Crippen molar-refractivity contribution in [2.45, 2.75) is 6.92 Å². The van der Waals surface area contributed by atoms with Gasteiger partial charge in [-0.15, -0.1) is 0 Å². The van der Waals surface area contributed by atoms with Gasteiger partial charge >= 0.3 is 0 Å². The molecule has 0 radical (unpaired) electrons. The van der Waals surface area contributed by atoms with Gasteiger partial charge in [0.2, 0.25) is 0 Å². The molecular formula is C10H14ClN3. The Hall–Kier alpha value is -1.22. The van der Waals surface area contributed by atoms with Gasteiger partial charge in [0.05, 0.1) is 10.7 Å². The van der Waals surface area contributed by atoms with Gasteiger partial charge in [-0.25, -0.2) is 0 Å². The second-order valence-electron chi connectivity index (χ2n) is 2.88. The second-order valence-corrected chi connectivity index (χ2v) is 3.29. The van der Waals surface area contributed by atoms with Crippen LogP contribution in [0, 0.1) is 6.92 Å². The third-order valence-corrected chi connectivity index (χ3v) is 2.24. The lowest BCUT2D eigenvalue weighted by Crippen LogP contribution is -2.27. The van der Waals surface area contributed by atoms with Crippen LogP contribution in [-0.4, -0.2) is 20.1 Å². The molecule has 76 valence electrons. The summed E-state index contributed by atoms with van der Waals surface area (Å²) in [5, 5.41) is 6.75. The van der Waals surface area contributed by atoms with E-state index in [0.29, 0.717) is 11.0 Å². The normalized spacial score (nSPS) is 11.3. The van der Waals surface area contributed by atoms with Crippen molar-refractivity contribution in [2.75, 3.05) is 19.4 Å². The monoisotopic (exact) mass is 211 g/mol. The summed E-state index contributed by atoms with van der Waals surface area (Å²) < 4.78 is 0. The van der Waals surface area contributed by atoms with Crippen LogP contribution >= 0.6 is 11.6 Å². The lowest BCUT2D eigenvalue weighted by molar-refractivity contribution is 1.14. The van der Waals surface area contributed by atoms with Gasteiger partial charge in [-0.05, 0) is 18.6 Å². The van der Waals surface area contributed by atoms with E-state index in [1.54, 1.807) is 7.05 Å². The average molecular weight is 212 g/mol. The maximum absolute atomic E-state index is 6.04. The summed E-state index contributed by atoms with van der Waals surface area (Å²) in [6.45, 7) is 2.00. The molecule has 1 aromatic rings. The highest BCUT2D eigenvalue weighted by Gasteiger charge is 2.04. The number of hydrogen-bond acceptors (Lipinski definition) is 1. The van der Waals surface area contributed by atoms with Crippen molar-refractivity contribution in [3.05, 3.63) is 28.8 Å². The molecule has 1 aromatic carbocycles. The van der Waals surface area contributed by atoms with Gasteiger partial charge in [-0.1, -0.05) is 23.7 Å². The molecule has 0 spiro atoms. The highest BCUT2D eigenvalue weighted by Crippen LogP contribution is 2.24. The summed E-state index contributed by atoms with van der Waals surface area (Å²) in [6.07, 6.45) is 0. The molecule has 0 aliphatic rings. The van der Waals surface area contributed by atoms with Gasteiger partial charge in [-0.3, -0.25) is 4.99 Å². The fraction of sp³-hybridized carbons (Fsp3) is 0.300. The van der Waals surface area contributed by atoms with E-state index in [0.717, 1.165) is 11.3 Å². The lowest BCUT2D eigenvalue weighted by Gasteiger charge is -2.12. The van der Waals surface area contributed by atoms with Gasteiger partial charge in [0.15, 0.2) is 5.96 Å². The van der Waals surface area contributed by atoms with Crippen molar-refractivity contribution in [3.63, 3.8) is 0 Å².